The van der Waals surface area contributed by atoms with Gasteiger partial charge in [-0.3, -0.25) is 15.0 Å². The second-order valence-electron chi connectivity index (χ2n) is 4.54. The van der Waals surface area contributed by atoms with E-state index in [-0.39, 0.29) is 5.56 Å². The highest BCUT2D eigenvalue weighted by Gasteiger charge is 2.14. The molecule has 2 aromatic rings. The van der Waals surface area contributed by atoms with E-state index in [1.165, 1.54) is 17.7 Å². The molecule has 0 saturated heterocycles. The van der Waals surface area contributed by atoms with Crippen LogP contribution in [0.4, 0.5) is 0 Å². The minimum atomic E-state index is -0.625. The SMILES string of the molecule is COc1ccc(-c2ccc(C(=O)NN)c(=O)n2C)cc1OC. The van der Waals surface area contributed by atoms with Crippen LogP contribution in [0.2, 0.25) is 0 Å². The van der Waals surface area contributed by atoms with Gasteiger partial charge in [0.1, 0.15) is 5.56 Å². The first kappa shape index (κ1) is 15.6. The van der Waals surface area contributed by atoms with Gasteiger partial charge in [-0.25, -0.2) is 5.84 Å². The summed E-state index contributed by atoms with van der Waals surface area (Å²) in [6.45, 7) is 0. The molecule has 0 bridgehead atoms. The lowest BCUT2D eigenvalue weighted by molar-refractivity contribution is 0.0951. The Balaban J connectivity index is 2.57. The average Bonchev–Trinajstić information content (AvgIpc) is 2.56. The molecule has 0 saturated carbocycles. The van der Waals surface area contributed by atoms with Crippen LogP contribution in [-0.4, -0.2) is 24.7 Å². The molecule has 2 rings (SSSR count). The predicted molar refractivity (Wildman–Crippen MR) is 81.9 cm³/mol. The molecule has 0 spiro atoms. The molecule has 7 nitrogen and oxygen atoms in total. The highest BCUT2D eigenvalue weighted by Crippen LogP contribution is 2.31. The first-order valence-corrected chi connectivity index (χ1v) is 6.46. The van der Waals surface area contributed by atoms with Gasteiger partial charge in [-0.1, -0.05) is 0 Å². The Labute approximate surface area is 127 Å². The van der Waals surface area contributed by atoms with Crippen molar-refractivity contribution in [1.29, 1.82) is 0 Å². The average molecular weight is 303 g/mol. The number of carbonyl (C=O) groups is 1. The first-order valence-electron chi connectivity index (χ1n) is 6.46. The number of benzene rings is 1. The van der Waals surface area contributed by atoms with Crippen LogP contribution < -0.4 is 26.3 Å². The van der Waals surface area contributed by atoms with E-state index in [1.54, 1.807) is 38.4 Å². The zero-order chi connectivity index (χ0) is 16.3. The molecule has 116 valence electrons. The Morgan fingerprint density at radius 3 is 2.41 bits per heavy atom. The van der Waals surface area contributed by atoms with Crippen LogP contribution >= 0.6 is 0 Å². The summed E-state index contributed by atoms with van der Waals surface area (Å²) in [5, 5.41) is 0. The van der Waals surface area contributed by atoms with Crippen LogP contribution in [0.25, 0.3) is 11.3 Å². The number of rotatable bonds is 4. The zero-order valence-electron chi connectivity index (χ0n) is 12.5. The van der Waals surface area contributed by atoms with Crippen molar-refractivity contribution in [2.24, 2.45) is 12.9 Å². The van der Waals surface area contributed by atoms with Crippen LogP contribution in [0.5, 0.6) is 11.5 Å². The summed E-state index contributed by atoms with van der Waals surface area (Å²) >= 11 is 0. The molecule has 1 amide bonds. The Bertz CT molecular complexity index is 768. The van der Waals surface area contributed by atoms with Gasteiger partial charge in [0.2, 0.25) is 0 Å². The van der Waals surface area contributed by atoms with Gasteiger partial charge in [0.15, 0.2) is 11.5 Å². The van der Waals surface area contributed by atoms with Crippen molar-refractivity contribution in [2.75, 3.05) is 14.2 Å². The lowest BCUT2D eigenvalue weighted by Gasteiger charge is -2.13. The van der Waals surface area contributed by atoms with E-state index in [2.05, 4.69) is 0 Å². The minimum absolute atomic E-state index is 0.0192. The summed E-state index contributed by atoms with van der Waals surface area (Å²) in [6, 6.07) is 8.43. The Kier molecular flexibility index (Phi) is 4.47. The second-order valence-corrected chi connectivity index (χ2v) is 4.54. The van der Waals surface area contributed by atoms with Gasteiger partial charge in [-0.2, -0.15) is 0 Å². The number of nitrogens with one attached hydrogen (secondary N) is 1. The summed E-state index contributed by atoms with van der Waals surface area (Å²) in [5.74, 6) is 5.58. The topological polar surface area (TPSA) is 95.6 Å². The van der Waals surface area contributed by atoms with E-state index >= 15 is 0 Å². The molecule has 0 aliphatic carbocycles. The van der Waals surface area contributed by atoms with E-state index < -0.39 is 11.5 Å². The van der Waals surface area contributed by atoms with Crippen LogP contribution in [0.3, 0.4) is 0 Å². The van der Waals surface area contributed by atoms with E-state index in [1.807, 2.05) is 5.43 Å². The molecular weight excluding hydrogens is 286 g/mol. The Morgan fingerprint density at radius 1 is 1.14 bits per heavy atom. The zero-order valence-corrected chi connectivity index (χ0v) is 12.5. The standard InChI is InChI=1S/C15H17N3O4/c1-18-11(6-5-10(15(18)20)14(19)17-16)9-4-7-12(21-2)13(8-9)22-3/h4-8H,16H2,1-3H3,(H,17,19). The van der Waals surface area contributed by atoms with E-state index in [0.29, 0.717) is 17.2 Å². The number of carbonyl (C=O) groups excluding carboxylic acids is 1. The largest absolute Gasteiger partial charge is 0.493 e. The number of nitrogens with zero attached hydrogens (tertiary/aromatic N) is 1. The lowest BCUT2D eigenvalue weighted by Crippen LogP contribution is -2.36. The maximum Gasteiger partial charge on any atom is 0.270 e. The molecule has 0 fully saturated rings. The molecule has 0 unspecified atom stereocenters. The third-order valence-corrected chi connectivity index (χ3v) is 3.36. The molecule has 22 heavy (non-hydrogen) atoms. The fraction of sp³-hybridized carbons (Fsp3) is 0.200. The van der Waals surface area contributed by atoms with E-state index in [9.17, 15) is 9.59 Å². The molecule has 0 radical (unpaired) electrons. The molecule has 7 heteroatoms. The molecule has 1 aromatic heterocycles. The van der Waals surface area contributed by atoms with Crippen molar-refractivity contribution in [1.82, 2.24) is 9.99 Å². The normalized spacial score (nSPS) is 10.2. The summed E-state index contributed by atoms with van der Waals surface area (Å²) < 4.78 is 11.8. The number of hydrazine groups is 1. The van der Waals surface area contributed by atoms with Gasteiger partial charge < -0.3 is 14.0 Å². The number of methoxy groups -OCH3 is 2. The summed E-state index contributed by atoms with van der Waals surface area (Å²) in [5.41, 5.74) is 2.90. The Morgan fingerprint density at radius 2 is 1.82 bits per heavy atom. The van der Waals surface area contributed by atoms with Crippen LogP contribution in [0, 0.1) is 0 Å². The summed E-state index contributed by atoms with van der Waals surface area (Å²) in [7, 11) is 4.67. The summed E-state index contributed by atoms with van der Waals surface area (Å²) in [6.07, 6.45) is 0. The molecule has 0 atom stereocenters. The smallest absolute Gasteiger partial charge is 0.270 e. The van der Waals surface area contributed by atoms with Gasteiger partial charge >= 0.3 is 0 Å². The third-order valence-electron chi connectivity index (χ3n) is 3.36. The van der Waals surface area contributed by atoms with Crippen LogP contribution in [0.1, 0.15) is 10.4 Å². The molecule has 1 heterocycles. The monoisotopic (exact) mass is 303 g/mol. The number of hydrogen-bond acceptors (Lipinski definition) is 5. The quantitative estimate of drug-likeness (QED) is 0.492. The van der Waals surface area contributed by atoms with Gasteiger partial charge in [0, 0.05) is 12.6 Å². The van der Waals surface area contributed by atoms with Crippen LogP contribution in [-0.2, 0) is 7.05 Å². The highest BCUT2D eigenvalue weighted by atomic mass is 16.5. The van der Waals surface area contributed by atoms with Crippen molar-refractivity contribution < 1.29 is 14.3 Å². The summed E-state index contributed by atoms with van der Waals surface area (Å²) in [4.78, 5) is 23.8. The molecular formula is C15H17N3O4. The number of amides is 1. The molecule has 0 aliphatic heterocycles. The maximum atomic E-state index is 12.2. The third kappa shape index (κ3) is 2.66. The molecule has 3 N–H and O–H groups in total. The number of pyridine rings is 1. The van der Waals surface area contributed by atoms with Gasteiger partial charge in [0.05, 0.1) is 19.9 Å². The lowest BCUT2D eigenvalue weighted by atomic mass is 10.1. The number of aromatic nitrogens is 1. The Hall–Kier alpha value is -2.80. The predicted octanol–water partition coefficient (Wildman–Crippen LogP) is 0.673. The van der Waals surface area contributed by atoms with E-state index in [4.69, 9.17) is 15.3 Å². The number of hydrogen-bond donors (Lipinski definition) is 2. The van der Waals surface area contributed by atoms with Gasteiger partial charge in [-0.05, 0) is 30.3 Å². The van der Waals surface area contributed by atoms with E-state index in [0.717, 1.165) is 5.56 Å². The van der Waals surface area contributed by atoms with Crippen molar-refractivity contribution >= 4 is 5.91 Å². The fourth-order valence-electron chi connectivity index (χ4n) is 2.17. The first-order chi connectivity index (χ1) is 10.5. The fourth-order valence-corrected chi connectivity index (χ4v) is 2.17. The van der Waals surface area contributed by atoms with Crippen molar-refractivity contribution in [2.45, 2.75) is 0 Å². The number of ether oxygens (including phenoxy) is 2. The maximum absolute atomic E-state index is 12.2. The van der Waals surface area contributed by atoms with Crippen LogP contribution in [0.15, 0.2) is 35.1 Å². The molecule has 1 aromatic carbocycles. The number of nitrogen functional groups attached to an aromatic ring is 1. The van der Waals surface area contributed by atoms with Crippen molar-refractivity contribution in [3.05, 3.63) is 46.2 Å². The minimum Gasteiger partial charge on any atom is -0.493 e. The molecule has 0 aliphatic rings. The number of nitrogens with two attached hydrogens (primary N) is 1. The van der Waals surface area contributed by atoms with Gasteiger partial charge in [-0.15, -0.1) is 0 Å². The van der Waals surface area contributed by atoms with Gasteiger partial charge in [0.25, 0.3) is 11.5 Å². The highest BCUT2D eigenvalue weighted by molar-refractivity contribution is 5.93. The van der Waals surface area contributed by atoms with Crippen molar-refractivity contribution in [3.63, 3.8) is 0 Å². The van der Waals surface area contributed by atoms with Crippen molar-refractivity contribution in [3.8, 4) is 22.8 Å². The second kappa shape index (κ2) is 6.31.